The Labute approximate surface area is 259 Å². The largest absolute Gasteiger partial charge is 0.508 e. The minimum Gasteiger partial charge on any atom is -0.508 e. The molecule has 2 heterocycles. The predicted octanol–water partition coefficient (Wildman–Crippen LogP) is 3.73. The van der Waals surface area contributed by atoms with Crippen LogP contribution in [0.25, 0.3) is 0 Å². The van der Waals surface area contributed by atoms with E-state index in [2.05, 4.69) is 42.3 Å². The fourth-order valence-electron chi connectivity index (χ4n) is 6.03. The first-order valence-electron chi connectivity index (χ1n) is 15.1. The summed E-state index contributed by atoms with van der Waals surface area (Å²) in [7, 11) is 3.77. The van der Waals surface area contributed by atoms with Crippen molar-refractivity contribution >= 4 is 23.5 Å². The molecule has 0 bridgehead atoms. The van der Waals surface area contributed by atoms with Crippen LogP contribution in [0.15, 0.2) is 72.8 Å². The number of piperazine rings is 1. The number of nitrogens with zero attached hydrogens (tertiary/aromatic N) is 5. The molecule has 3 aromatic rings. The van der Waals surface area contributed by atoms with Crippen LogP contribution in [-0.2, 0) is 29.1 Å². The molecule has 2 N–H and O–H groups in total. The number of amides is 4. The molecule has 3 aromatic carbocycles. The van der Waals surface area contributed by atoms with E-state index in [4.69, 9.17) is 0 Å². The van der Waals surface area contributed by atoms with E-state index in [-0.39, 0.29) is 49.1 Å². The van der Waals surface area contributed by atoms with Crippen LogP contribution in [0.4, 0.5) is 10.5 Å². The number of rotatable bonds is 8. The minimum atomic E-state index is -0.819. The number of urea groups is 1. The number of anilines is 1. The molecule has 2 atom stereocenters. The lowest BCUT2D eigenvalue weighted by Crippen LogP contribution is -2.76. The molecule has 5 rings (SSSR count). The number of fused-ring (bicyclic) bond motifs is 1. The molecule has 2 aliphatic rings. The molecule has 44 heavy (non-hydrogen) atoms. The molecule has 232 valence electrons. The number of aryl methyl sites for hydroxylation is 1. The molecule has 2 saturated heterocycles. The third-order valence-electron chi connectivity index (χ3n) is 8.55. The van der Waals surface area contributed by atoms with Gasteiger partial charge < -0.3 is 25.1 Å². The lowest BCUT2D eigenvalue weighted by Gasteiger charge is -2.54. The Morgan fingerprint density at radius 1 is 1.02 bits per heavy atom. The van der Waals surface area contributed by atoms with Crippen LogP contribution < -0.4 is 10.2 Å². The van der Waals surface area contributed by atoms with E-state index in [0.29, 0.717) is 13.1 Å². The number of hydrogen-bond acceptors (Lipinski definition) is 6. The van der Waals surface area contributed by atoms with E-state index < -0.39 is 12.2 Å². The summed E-state index contributed by atoms with van der Waals surface area (Å²) in [6.07, 6.45) is -0.443. The minimum absolute atomic E-state index is 0.0319. The van der Waals surface area contributed by atoms with Crippen LogP contribution in [0, 0.1) is 6.92 Å². The van der Waals surface area contributed by atoms with E-state index in [1.807, 2.05) is 44.3 Å². The standard InChI is InChI=1S/C34H42N6O4/c1-23(2)37(5)29-16-11-24(3)17-27(29)20-38-21-31-39(30(33(38)43)18-25-12-14-28(41)15-13-25)32(42)22-36(4)40(31)34(44)35-19-26-9-7-6-8-10-26/h6-17,23,30-31,41H,18-22H2,1-5H3,(H,35,44)/t30-,31+/m0/s1. The predicted molar refractivity (Wildman–Crippen MR) is 170 cm³/mol. The lowest BCUT2D eigenvalue weighted by atomic mass is 9.98. The van der Waals surface area contributed by atoms with Gasteiger partial charge in [-0.1, -0.05) is 60.2 Å². The van der Waals surface area contributed by atoms with Crippen molar-refractivity contribution in [2.75, 3.05) is 32.1 Å². The number of hydrazine groups is 1. The van der Waals surface area contributed by atoms with Crippen molar-refractivity contribution in [2.24, 2.45) is 0 Å². The molecular weight excluding hydrogens is 556 g/mol. The van der Waals surface area contributed by atoms with Gasteiger partial charge in [0.15, 0.2) is 0 Å². The van der Waals surface area contributed by atoms with Crippen LogP contribution in [0.5, 0.6) is 5.75 Å². The number of likely N-dealkylation sites (N-methyl/N-ethyl adjacent to an activating group) is 1. The third kappa shape index (κ3) is 6.50. The Morgan fingerprint density at radius 3 is 2.41 bits per heavy atom. The smallest absolute Gasteiger partial charge is 0.334 e. The summed E-state index contributed by atoms with van der Waals surface area (Å²) in [5, 5.41) is 16.1. The molecular formula is C34H42N6O4. The van der Waals surface area contributed by atoms with Gasteiger partial charge in [-0.3, -0.25) is 9.59 Å². The second-order valence-electron chi connectivity index (χ2n) is 12.0. The number of aromatic hydroxyl groups is 1. The maximum Gasteiger partial charge on any atom is 0.334 e. The molecule has 0 spiro atoms. The highest BCUT2D eigenvalue weighted by molar-refractivity contribution is 5.91. The summed E-state index contributed by atoms with van der Waals surface area (Å²) in [5.41, 5.74) is 4.89. The molecule has 4 amide bonds. The number of carbonyl (C=O) groups is 3. The summed E-state index contributed by atoms with van der Waals surface area (Å²) in [5.74, 6) is -0.255. The van der Waals surface area contributed by atoms with Gasteiger partial charge in [-0.05, 0) is 55.7 Å². The zero-order valence-electron chi connectivity index (χ0n) is 26.1. The first-order chi connectivity index (χ1) is 21.0. The van der Waals surface area contributed by atoms with Crippen molar-refractivity contribution in [3.05, 3.63) is 95.1 Å². The first kappa shape index (κ1) is 30.9. The summed E-state index contributed by atoms with van der Waals surface area (Å²) >= 11 is 0. The fourth-order valence-corrected chi connectivity index (χ4v) is 6.03. The Balaban J connectivity index is 1.50. The number of hydrogen-bond donors (Lipinski definition) is 2. The van der Waals surface area contributed by atoms with E-state index in [1.165, 1.54) is 0 Å². The summed E-state index contributed by atoms with van der Waals surface area (Å²) in [6.45, 7) is 7.07. The quantitative estimate of drug-likeness (QED) is 0.410. The lowest BCUT2D eigenvalue weighted by molar-refractivity contribution is -0.187. The van der Waals surface area contributed by atoms with Crippen molar-refractivity contribution in [3.8, 4) is 5.75 Å². The van der Waals surface area contributed by atoms with E-state index >= 15 is 0 Å². The highest BCUT2D eigenvalue weighted by atomic mass is 16.3. The van der Waals surface area contributed by atoms with Crippen molar-refractivity contribution in [1.29, 1.82) is 0 Å². The fraction of sp³-hybridized carbons (Fsp3) is 0.382. The molecule has 0 saturated carbocycles. The van der Waals surface area contributed by atoms with E-state index in [1.54, 1.807) is 51.1 Å². The van der Waals surface area contributed by atoms with Gasteiger partial charge in [0.05, 0.1) is 13.1 Å². The molecule has 10 heteroatoms. The molecule has 2 aliphatic heterocycles. The first-order valence-corrected chi connectivity index (χ1v) is 15.1. The topological polar surface area (TPSA) is 99.7 Å². The van der Waals surface area contributed by atoms with Crippen molar-refractivity contribution in [2.45, 2.75) is 58.5 Å². The third-order valence-corrected chi connectivity index (χ3v) is 8.55. The van der Waals surface area contributed by atoms with E-state index in [9.17, 15) is 19.5 Å². The Hall–Kier alpha value is -4.57. The normalized spacial score (nSPS) is 18.9. The van der Waals surface area contributed by atoms with Crippen LogP contribution in [0.1, 0.15) is 36.1 Å². The van der Waals surface area contributed by atoms with Crippen LogP contribution in [-0.4, -0.2) is 88.2 Å². The number of benzene rings is 3. The molecule has 0 unspecified atom stereocenters. The zero-order valence-corrected chi connectivity index (χ0v) is 26.1. The Morgan fingerprint density at radius 2 is 1.73 bits per heavy atom. The van der Waals surface area contributed by atoms with Crippen molar-refractivity contribution < 1.29 is 19.5 Å². The number of phenols is 1. The highest BCUT2D eigenvalue weighted by Crippen LogP contribution is 2.31. The molecule has 10 nitrogen and oxygen atoms in total. The van der Waals surface area contributed by atoms with Crippen LogP contribution in [0.3, 0.4) is 0 Å². The molecule has 0 radical (unpaired) electrons. The van der Waals surface area contributed by atoms with Gasteiger partial charge in [0.2, 0.25) is 11.8 Å². The molecule has 2 fully saturated rings. The highest BCUT2D eigenvalue weighted by Gasteiger charge is 2.50. The van der Waals surface area contributed by atoms with Gasteiger partial charge in [-0.25, -0.2) is 14.8 Å². The van der Waals surface area contributed by atoms with Gasteiger partial charge in [0.25, 0.3) is 0 Å². The van der Waals surface area contributed by atoms with Crippen LogP contribution in [0.2, 0.25) is 0 Å². The van der Waals surface area contributed by atoms with Crippen molar-refractivity contribution in [3.63, 3.8) is 0 Å². The summed E-state index contributed by atoms with van der Waals surface area (Å²) in [4.78, 5) is 47.2. The van der Waals surface area contributed by atoms with Gasteiger partial charge in [-0.15, -0.1) is 0 Å². The molecule has 0 aromatic heterocycles. The van der Waals surface area contributed by atoms with Crippen molar-refractivity contribution in [1.82, 2.24) is 25.1 Å². The average molecular weight is 599 g/mol. The van der Waals surface area contributed by atoms with E-state index in [0.717, 1.165) is 27.9 Å². The Kier molecular flexibility index (Phi) is 9.10. The second-order valence-corrected chi connectivity index (χ2v) is 12.0. The van der Waals surface area contributed by atoms with Gasteiger partial charge in [0, 0.05) is 45.3 Å². The summed E-state index contributed by atoms with van der Waals surface area (Å²) in [6, 6.07) is 21.7. The SMILES string of the molecule is Cc1ccc(N(C)C(C)C)c(CN2C[C@@H]3N(C(=O)CN(C)N3C(=O)NCc3ccccc3)[C@@H](Cc3ccc(O)cc3)C2=O)c1. The van der Waals surface area contributed by atoms with Gasteiger partial charge >= 0.3 is 6.03 Å². The number of phenolic OH excluding ortho intramolecular Hbond substituents is 1. The zero-order chi connectivity index (χ0) is 31.5. The second kappa shape index (κ2) is 13.0. The average Bonchev–Trinajstić information content (AvgIpc) is 2.99. The molecule has 0 aliphatic carbocycles. The maximum atomic E-state index is 14.3. The maximum absolute atomic E-state index is 14.3. The number of nitrogens with one attached hydrogen (secondary N) is 1. The van der Waals surface area contributed by atoms with Gasteiger partial charge in [0.1, 0.15) is 18.0 Å². The number of carbonyl (C=O) groups excluding carboxylic acids is 3. The van der Waals surface area contributed by atoms with Gasteiger partial charge in [-0.2, -0.15) is 0 Å². The summed E-state index contributed by atoms with van der Waals surface area (Å²) < 4.78 is 0. The van der Waals surface area contributed by atoms with Crippen LogP contribution >= 0.6 is 0 Å². The monoisotopic (exact) mass is 598 g/mol. The Bertz CT molecular complexity index is 1500.